The number of methoxy groups -OCH3 is 2. The smallest absolute Gasteiger partial charge is 0.228 e. The van der Waals surface area contributed by atoms with Crippen LogP contribution in [0.5, 0.6) is 17.2 Å². The van der Waals surface area contributed by atoms with Gasteiger partial charge in [-0.25, -0.2) is 0 Å². The van der Waals surface area contributed by atoms with Crippen LogP contribution < -0.4 is 19.5 Å². The molecule has 1 saturated carbocycles. The number of nitrogens with one attached hydrogen (secondary N) is 1. The Morgan fingerprint density at radius 1 is 1.00 bits per heavy atom. The van der Waals surface area contributed by atoms with E-state index in [1.807, 2.05) is 36.4 Å². The molecule has 26 heavy (non-hydrogen) atoms. The zero-order valence-corrected chi connectivity index (χ0v) is 15.3. The molecule has 0 unspecified atom stereocenters. The van der Waals surface area contributed by atoms with E-state index < -0.39 is 0 Å². The summed E-state index contributed by atoms with van der Waals surface area (Å²) in [5, 5.41) is 2.91. The summed E-state index contributed by atoms with van der Waals surface area (Å²) in [6.45, 7) is 0. The second-order valence-electron chi connectivity index (χ2n) is 6.45. The zero-order chi connectivity index (χ0) is 18.4. The van der Waals surface area contributed by atoms with Crippen LogP contribution in [-0.2, 0) is 11.2 Å². The summed E-state index contributed by atoms with van der Waals surface area (Å²) >= 11 is 0. The molecule has 1 aliphatic carbocycles. The third-order valence-corrected chi connectivity index (χ3v) is 4.58. The average Bonchev–Trinajstić information content (AvgIpc) is 3.16. The number of anilines is 1. The van der Waals surface area contributed by atoms with Crippen molar-refractivity contribution in [1.82, 2.24) is 0 Å². The number of carbonyl (C=O) groups excluding carboxylic acids is 1. The number of rotatable bonds is 7. The van der Waals surface area contributed by atoms with Gasteiger partial charge in [0.2, 0.25) is 5.91 Å². The van der Waals surface area contributed by atoms with Crippen molar-refractivity contribution in [2.75, 3.05) is 19.5 Å². The van der Waals surface area contributed by atoms with Crippen molar-refractivity contribution in [3.8, 4) is 17.2 Å². The monoisotopic (exact) mass is 355 g/mol. The molecule has 0 atom stereocenters. The summed E-state index contributed by atoms with van der Waals surface area (Å²) in [5.41, 5.74) is 1.53. The van der Waals surface area contributed by atoms with E-state index in [-0.39, 0.29) is 12.3 Å². The van der Waals surface area contributed by atoms with Gasteiger partial charge in [0.15, 0.2) is 0 Å². The average molecular weight is 355 g/mol. The second kappa shape index (κ2) is 8.61. The van der Waals surface area contributed by atoms with E-state index in [1.165, 1.54) is 12.8 Å². The maximum absolute atomic E-state index is 12.4. The molecule has 0 aromatic heterocycles. The van der Waals surface area contributed by atoms with Crippen LogP contribution in [0.15, 0.2) is 42.5 Å². The topological polar surface area (TPSA) is 56.8 Å². The van der Waals surface area contributed by atoms with Crippen LogP contribution in [0.3, 0.4) is 0 Å². The minimum Gasteiger partial charge on any atom is -0.497 e. The molecular formula is C21H25NO4. The first-order chi connectivity index (χ1) is 12.7. The lowest BCUT2D eigenvalue weighted by atomic mass is 10.1. The fraction of sp³-hybridized carbons (Fsp3) is 0.381. The molecule has 1 aliphatic rings. The van der Waals surface area contributed by atoms with Crippen molar-refractivity contribution in [2.45, 2.75) is 38.2 Å². The summed E-state index contributed by atoms with van der Waals surface area (Å²) in [4.78, 5) is 12.4. The van der Waals surface area contributed by atoms with Gasteiger partial charge in [-0.05, 0) is 68.1 Å². The van der Waals surface area contributed by atoms with E-state index in [4.69, 9.17) is 14.2 Å². The highest BCUT2D eigenvalue weighted by atomic mass is 16.5. The van der Waals surface area contributed by atoms with E-state index in [9.17, 15) is 4.79 Å². The normalized spacial score (nSPS) is 14.1. The molecule has 0 saturated heterocycles. The first kappa shape index (κ1) is 18.1. The molecule has 0 radical (unpaired) electrons. The first-order valence-electron chi connectivity index (χ1n) is 8.95. The van der Waals surface area contributed by atoms with Gasteiger partial charge in [0.1, 0.15) is 17.2 Å². The van der Waals surface area contributed by atoms with Crippen molar-refractivity contribution in [3.63, 3.8) is 0 Å². The molecule has 0 aliphatic heterocycles. The van der Waals surface area contributed by atoms with Crippen molar-refractivity contribution < 1.29 is 19.0 Å². The van der Waals surface area contributed by atoms with Gasteiger partial charge in [0.05, 0.1) is 26.7 Å². The number of amides is 1. The van der Waals surface area contributed by atoms with Crippen LogP contribution in [0.1, 0.15) is 31.2 Å². The number of benzene rings is 2. The molecule has 1 amide bonds. The summed E-state index contributed by atoms with van der Waals surface area (Å²) in [6, 6.07) is 13.0. The van der Waals surface area contributed by atoms with Gasteiger partial charge in [-0.1, -0.05) is 0 Å². The van der Waals surface area contributed by atoms with Crippen LogP contribution in [0.25, 0.3) is 0 Å². The van der Waals surface area contributed by atoms with Gasteiger partial charge in [-0.3, -0.25) is 4.79 Å². The molecule has 138 valence electrons. The lowest BCUT2D eigenvalue weighted by Crippen LogP contribution is -2.15. The molecule has 5 nitrogen and oxygen atoms in total. The first-order valence-corrected chi connectivity index (χ1v) is 8.95. The standard InChI is InChI=1S/C21H25NO4/c1-24-19-11-12-20(25-2)15(13-19)14-21(23)22-16-7-9-18(10-8-16)26-17-5-3-4-6-17/h7-13,17H,3-6,14H2,1-2H3,(H,22,23). The third-order valence-electron chi connectivity index (χ3n) is 4.58. The van der Waals surface area contributed by atoms with E-state index in [0.717, 1.165) is 29.8 Å². The molecule has 1 N–H and O–H groups in total. The predicted molar refractivity (Wildman–Crippen MR) is 101 cm³/mol. The van der Waals surface area contributed by atoms with E-state index in [1.54, 1.807) is 20.3 Å². The van der Waals surface area contributed by atoms with Crippen molar-refractivity contribution in [1.29, 1.82) is 0 Å². The quantitative estimate of drug-likeness (QED) is 0.808. The number of hydrogen-bond acceptors (Lipinski definition) is 4. The fourth-order valence-corrected chi connectivity index (χ4v) is 3.21. The molecule has 0 heterocycles. The fourth-order valence-electron chi connectivity index (χ4n) is 3.21. The molecule has 1 fully saturated rings. The second-order valence-corrected chi connectivity index (χ2v) is 6.45. The Morgan fingerprint density at radius 3 is 2.35 bits per heavy atom. The minimum atomic E-state index is -0.110. The van der Waals surface area contributed by atoms with E-state index >= 15 is 0 Å². The van der Waals surface area contributed by atoms with Crippen molar-refractivity contribution in [2.24, 2.45) is 0 Å². The van der Waals surface area contributed by atoms with Crippen LogP contribution >= 0.6 is 0 Å². The number of ether oxygens (including phenoxy) is 3. The van der Waals surface area contributed by atoms with Gasteiger partial charge in [-0.2, -0.15) is 0 Å². The van der Waals surface area contributed by atoms with E-state index in [0.29, 0.717) is 17.6 Å². The summed E-state index contributed by atoms with van der Waals surface area (Å²) < 4.78 is 16.5. The summed E-state index contributed by atoms with van der Waals surface area (Å²) in [7, 11) is 3.19. The Morgan fingerprint density at radius 2 is 1.69 bits per heavy atom. The molecular weight excluding hydrogens is 330 g/mol. The highest BCUT2D eigenvalue weighted by Crippen LogP contribution is 2.26. The Kier molecular flexibility index (Phi) is 6.00. The summed E-state index contributed by atoms with van der Waals surface area (Å²) in [6.07, 6.45) is 5.28. The maximum atomic E-state index is 12.4. The lowest BCUT2D eigenvalue weighted by molar-refractivity contribution is -0.115. The Hall–Kier alpha value is -2.69. The van der Waals surface area contributed by atoms with Gasteiger partial charge >= 0.3 is 0 Å². The Balaban J connectivity index is 1.59. The zero-order valence-electron chi connectivity index (χ0n) is 15.3. The Bertz CT molecular complexity index is 736. The largest absolute Gasteiger partial charge is 0.497 e. The molecule has 0 bridgehead atoms. The van der Waals surface area contributed by atoms with Gasteiger partial charge in [-0.15, -0.1) is 0 Å². The lowest BCUT2D eigenvalue weighted by Gasteiger charge is -2.14. The maximum Gasteiger partial charge on any atom is 0.228 e. The van der Waals surface area contributed by atoms with Gasteiger partial charge < -0.3 is 19.5 Å². The molecule has 3 rings (SSSR count). The molecule has 5 heteroatoms. The highest BCUT2D eigenvalue weighted by Gasteiger charge is 2.16. The van der Waals surface area contributed by atoms with Crippen molar-refractivity contribution in [3.05, 3.63) is 48.0 Å². The highest BCUT2D eigenvalue weighted by molar-refractivity contribution is 5.92. The molecule has 2 aromatic rings. The van der Waals surface area contributed by atoms with Crippen molar-refractivity contribution >= 4 is 11.6 Å². The molecule has 2 aromatic carbocycles. The van der Waals surface area contributed by atoms with Gasteiger partial charge in [0, 0.05) is 11.3 Å². The molecule has 0 spiro atoms. The van der Waals surface area contributed by atoms with Crippen LogP contribution in [0, 0.1) is 0 Å². The van der Waals surface area contributed by atoms with Gasteiger partial charge in [0.25, 0.3) is 0 Å². The van der Waals surface area contributed by atoms with E-state index in [2.05, 4.69) is 5.32 Å². The van der Waals surface area contributed by atoms with Crippen LogP contribution in [-0.4, -0.2) is 26.2 Å². The third kappa shape index (κ3) is 4.69. The minimum absolute atomic E-state index is 0.110. The summed E-state index contributed by atoms with van der Waals surface area (Å²) in [5.74, 6) is 2.11. The van der Waals surface area contributed by atoms with Crippen LogP contribution in [0.4, 0.5) is 5.69 Å². The SMILES string of the molecule is COc1ccc(OC)c(CC(=O)Nc2ccc(OC3CCCC3)cc2)c1. The Labute approximate surface area is 154 Å². The number of carbonyl (C=O) groups is 1. The van der Waals surface area contributed by atoms with Crippen LogP contribution in [0.2, 0.25) is 0 Å². The number of hydrogen-bond donors (Lipinski definition) is 1. The predicted octanol–water partition coefficient (Wildman–Crippen LogP) is 4.21.